The average Bonchev–Trinajstić information content (AvgIpc) is 2.67. The second kappa shape index (κ2) is 9.47. The van der Waals surface area contributed by atoms with Crippen molar-refractivity contribution in [1.82, 2.24) is 5.43 Å². The van der Waals surface area contributed by atoms with E-state index >= 15 is 0 Å². The van der Waals surface area contributed by atoms with Crippen molar-refractivity contribution in [3.63, 3.8) is 0 Å². The predicted molar refractivity (Wildman–Crippen MR) is 106 cm³/mol. The molecule has 0 fully saturated rings. The van der Waals surface area contributed by atoms with Gasteiger partial charge in [0.1, 0.15) is 11.5 Å². The Hall–Kier alpha value is -3.00. The Morgan fingerprint density at radius 1 is 0.923 bits per heavy atom. The highest BCUT2D eigenvalue weighted by Gasteiger charge is 2.10. The van der Waals surface area contributed by atoms with E-state index in [2.05, 4.69) is 15.8 Å². The molecule has 138 valence electrons. The number of ether oxygens (including phenoxy) is 4. The summed E-state index contributed by atoms with van der Waals surface area (Å²) in [6.45, 7) is 0. The van der Waals surface area contributed by atoms with Crippen LogP contribution in [0.2, 0.25) is 0 Å². The summed E-state index contributed by atoms with van der Waals surface area (Å²) in [4.78, 5) is 0. The minimum absolute atomic E-state index is 0.342. The fourth-order valence-electron chi connectivity index (χ4n) is 2.17. The molecule has 2 aromatic carbocycles. The highest BCUT2D eigenvalue weighted by atomic mass is 32.1. The Balaban J connectivity index is 2.06. The smallest absolute Gasteiger partial charge is 0.191 e. The van der Waals surface area contributed by atoms with Gasteiger partial charge in [0.15, 0.2) is 16.6 Å². The van der Waals surface area contributed by atoms with E-state index in [-0.39, 0.29) is 0 Å². The fourth-order valence-corrected chi connectivity index (χ4v) is 2.34. The van der Waals surface area contributed by atoms with Crippen LogP contribution in [-0.2, 0) is 0 Å². The zero-order valence-electron chi connectivity index (χ0n) is 15.0. The standard InChI is InChI=1S/C18H21N3O4S/c1-22-14-7-5-6-13(9-14)20-18(26)21-19-11-12-8-16(24-3)17(25-4)10-15(12)23-2/h5-11H,1-4H3,(H2,20,21,26)/b19-11+. The molecule has 0 unspecified atom stereocenters. The van der Waals surface area contributed by atoms with Crippen molar-refractivity contribution in [2.24, 2.45) is 5.10 Å². The first-order valence-electron chi connectivity index (χ1n) is 7.65. The van der Waals surface area contributed by atoms with Crippen molar-refractivity contribution in [2.45, 2.75) is 0 Å². The van der Waals surface area contributed by atoms with Gasteiger partial charge in [0.2, 0.25) is 0 Å². The number of methoxy groups -OCH3 is 4. The van der Waals surface area contributed by atoms with Crippen molar-refractivity contribution in [3.8, 4) is 23.0 Å². The molecule has 0 saturated heterocycles. The number of thiocarbonyl (C=S) groups is 1. The van der Waals surface area contributed by atoms with Crippen LogP contribution in [0.5, 0.6) is 23.0 Å². The van der Waals surface area contributed by atoms with E-state index in [1.54, 1.807) is 46.8 Å². The molecule has 0 radical (unpaired) electrons. The van der Waals surface area contributed by atoms with Crippen LogP contribution >= 0.6 is 12.2 Å². The molecule has 26 heavy (non-hydrogen) atoms. The normalized spacial score (nSPS) is 10.3. The Morgan fingerprint density at radius 3 is 2.27 bits per heavy atom. The van der Waals surface area contributed by atoms with Gasteiger partial charge in [-0.1, -0.05) is 6.07 Å². The Morgan fingerprint density at radius 2 is 1.62 bits per heavy atom. The van der Waals surface area contributed by atoms with E-state index in [0.717, 1.165) is 11.4 Å². The molecule has 8 heteroatoms. The maximum atomic E-state index is 5.35. The third-order valence-corrected chi connectivity index (χ3v) is 3.63. The molecule has 2 rings (SSSR count). The number of benzene rings is 2. The fraction of sp³-hybridized carbons (Fsp3) is 0.222. The number of anilines is 1. The molecule has 0 aliphatic heterocycles. The predicted octanol–water partition coefficient (Wildman–Crippen LogP) is 3.04. The molecule has 7 nitrogen and oxygen atoms in total. The molecule has 2 aromatic rings. The number of hydrogen-bond donors (Lipinski definition) is 2. The first kappa shape index (κ1) is 19.3. The van der Waals surface area contributed by atoms with Gasteiger partial charge >= 0.3 is 0 Å². The van der Waals surface area contributed by atoms with Gasteiger partial charge in [-0.25, -0.2) is 0 Å². The first-order valence-corrected chi connectivity index (χ1v) is 8.06. The monoisotopic (exact) mass is 375 g/mol. The van der Waals surface area contributed by atoms with E-state index in [1.165, 1.54) is 0 Å². The summed E-state index contributed by atoms with van der Waals surface area (Å²) in [5.41, 5.74) is 4.26. The minimum Gasteiger partial charge on any atom is -0.497 e. The molecular formula is C18H21N3O4S. The van der Waals surface area contributed by atoms with Crippen LogP contribution in [0.4, 0.5) is 5.69 Å². The lowest BCUT2D eigenvalue weighted by Crippen LogP contribution is -2.23. The lowest BCUT2D eigenvalue weighted by molar-refractivity contribution is 0.349. The number of nitrogens with one attached hydrogen (secondary N) is 2. The van der Waals surface area contributed by atoms with Crippen LogP contribution < -0.4 is 29.7 Å². The molecule has 0 atom stereocenters. The van der Waals surface area contributed by atoms with Crippen LogP contribution in [0.15, 0.2) is 41.5 Å². The summed E-state index contributed by atoms with van der Waals surface area (Å²) in [7, 11) is 6.31. The van der Waals surface area contributed by atoms with E-state index < -0.39 is 0 Å². The number of nitrogens with zero attached hydrogens (tertiary/aromatic N) is 1. The van der Waals surface area contributed by atoms with Crippen molar-refractivity contribution in [2.75, 3.05) is 33.8 Å². The molecule has 0 aliphatic rings. The van der Waals surface area contributed by atoms with Gasteiger partial charge in [0, 0.05) is 23.4 Å². The molecule has 0 aromatic heterocycles. The number of hydrazone groups is 1. The van der Waals surface area contributed by atoms with E-state index in [1.807, 2.05) is 24.3 Å². The lowest BCUT2D eigenvalue weighted by atomic mass is 10.2. The maximum Gasteiger partial charge on any atom is 0.191 e. The molecule has 0 heterocycles. The summed E-state index contributed by atoms with van der Waals surface area (Å²) in [6.07, 6.45) is 1.58. The molecule has 0 spiro atoms. The van der Waals surface area contributed by atoms with Gasteiger partial charge in [-0.2, -0.15) is 5.10 Å². The Labute approximate surface area is 157 Å². The molecule has 0 saturated carbocycles. The van der Waals surface area contributed by atoms with Gasteiger partial charge < -0.3 is 24.3 Å². The van der Waals surface area contributed by atoms with Gasteiger partial charge in [-0.15, -0.1) is 0 Å². The largest absolute Gasteiger partial charge is 0.497 e. The SMILES string of the molecule is COc1cccc(NC(=S)N/N=C/c2cc(OC)c(OC)cc2OC)c1. The Bertz CT molecular complexity index is 796. The third-order valence-electron chi connectivity index (χ3n) is 3.43. The second-order valence-electron chi connectivity index (χ2n) is 5.01. The van der Waals surface area contributed by atoms with E-state index in [0.29, 0.717) is 27.9 Å². The van der Waals surface area contributed by atoms with Gasteiger partial charge in [0.25, 0.3) is 0 Å². The summed E-state index contributed by atoms with van der Waals surface area (Å²) in [5.74, 6) is 2.48. The quantitative estimate of drug-likeness (QED) is 0.438. The van der Waals surface area contributed by atoms with Gasteiger partial charge in [0.05, 0.1) is 34.7 Å². The third kappa shape index (κ3) is 5.00. The summed E-state index contributed by atoms with van der Waals surface area (Å²) >= 11 is 5.23. The lowest BCUT2D eigenvalue weighted by Gasteiger charge is -2.12. The Kier molecular flexibility index (Phi) is 7.04. The van der Waals surface area contributed by atoms with Crippen molar-refractivity contribution in [1.29, 1.82) is 0 Å². The molecule has 2 N–H and O–H groups in total. The average molecular weight is 375 g/mol. The highest BCUT2D eigenvalue weighted by Crippen LogP contribution is 2.33. The molecular weight excluding hydrogens is 354 g/mol. The van der Waals surface area contributed by atoms with Gasteiger partial charge in [-0.05, 0) is 30.4 Å². The van der Waals surface area contributed by atoms with Crippen LogP contribution in [0.25, 0.3) is 0 Å². The van der Waals surface area contributed by atoms with E-state index in [4.69, 9.17) is 31.2 Å². The van der Waals surface area contributed by atoms with Crippen molar-refractivity contribution < 1.29 is 18.9 Å². The topological polar surface area (TPSA) is 73.3 Å². The van der Waals surface area contributed by atoms with Crippen molar-refractivity contribution >= 4 is 29.2 Å². The number of hydrogen-bond acceptors (Lipinski definition) is 6. The molecule has 0 amide bonds. The minimum atomic E-state index is 0.342. The van der Waals surface area contributed by atoms with Gasteiger partial charge in [-0.3, -0.25) is 5.43 Å². The molecule has 0 bridgehead atoms. The maximum absolute atomic E-state index is 5.35. The van der Waals surface area contributed by atoms with E-state index in [9.17, 15) is 0 Å². The summed E-state index contributed by atoms with van der Waals surface area (Å²) in [6, 6.07) is 10.9. The highest BCUT2D eigenvalue weighted by molar-refractivity contribution is 7.80. The summed E-state index contributed by atoms with van der Waals surface area (Å²) < 4.78 is 21.1. The zero-order chi connectivity index (χ0) is 18.9. The van der Waals surface area contributed by atoms with Crippen LogP contribution in [0.1, 0.15) is 5.56 Å². The zero-order valence-corrected chi connectivity index (χ0v) is 15.8. The summed E-state index contributed by atoms with van der Waals surface area (Å²) in [5, 5.41) is 7.50. The van der Waals surface area contributed by atoms with Crippen LogP contribution in [0.3, 0.4) is 0 Å². The van der Waals surface area contributed by atoms with Crippen LogP contribution in [-0.4, -0.2) is 39.8 Å². The van der Waals surface area contributed by atoms with Crippen LogP contribution in [0, 0.1) is 0 Å². The molecule has 0 aliphatic carbocycles. The number of rotatable bonds is 7. The van der Waals surface area contributed by atoms with Crippen molar-refractivity contribution in [3.05, 3.63) is 42.0 Å². The second-order valence-corrected chi connectivity index (χ2v) is 5.41. The first-order chi connectivity index (χ1) is 12.6.